The van der Waals surface area contributed by atoms with Crippen molar-refractivity contribution in [3.05, 3.63) is 57.9 Å². The van der Waals surface area contributed by atoms with E-state index < -0.39 is 0 Å². The number of morpholine rings is 1. The Morgan fingerprint density at radius 1 is 1.50 bits per heavy atom. The Bertz CT molecular complexity index is 825. The second kappa shape index (κ2) is 10.4. The highest BCUT2D eigenvalue weighted by atomic mass is 127. The van der Waals surface area contributed by atoms with E-state index in [0.29, 0.717) is 19.7 Å². The third kappa shape index (κ3) is 5.64. The van der Waals surface area contributed by atoms with E-state index in [1.807, 2.05) is 32.4 Å². The van der Waals surface area contributed by atoms with Gasteiger partial charge >= 0.3 is 0 Å². The minimum absolute atomic E-state index is 0. The van der Waals surface area contributed by atoms with Crippen LogP contribution in [0.15, 0.2) is 41.7 Å². The van der Waals surface area contributed by atoms with Crippen LogP contribution in [-0.4, -0.2) is 51.8 Å². The standard InChI is InChI=1S/C18H24N6O3.HI/c1-3-19-18(20-10-14-5-4-6-16(9-14)24(25)26)23-7-8-27-17(13-23)15-11-21-22(2)12-15;/h4-6,9,11-12,17H,3,7-8,10,13H2,1-2H3,(H,19,20);1H. The van der Waals surface area contributed by atoms with E-state index in [1.54, 1.807) is 16.8 Å². The number of aliphatic imine (C=N–C) groups is 1. The summed E-state index contributed by atoms with van der Waals surface area (Å²) in [5, 5.41) is 18.5. The molecule has 0 bridgehead atoms. The minimum atomic E-state index is -0.390. The van der Waals surface area contributed by atoms with Crippen LogP contribution in [0.1, 0.15) is 24.2 Å². The maximum Gasteiger partial charge on any atom is 0.269 e. The molecule has 1 aromatic heterocycles. The lowest BCUT2D eigenvalue weighted by Gasteiger charge is -2.34. The summed E-state index contributed by atoms with van der Waals surface area (Å²) >= 11 is 0. The maximum atomic E-state index is 10.9. The van der Waals surface area contributed by atoms with Gasteiger partial charge in [-0.2, -0.15) is 5.10 Å². The van der Waals surface area contributed by atoms with Gasteiger partial charge in [0.25, 0.3) is 5.69 Å². The molecule has 0 spiro atoms. The molecule has 0 amide bonds. The Morgan fingerprint density at radius 2 is 2.32 bits per heavy atom. The number of aryl methyl sites for hydroxylation is 1. The lowest BCUT2D eigenvalue weighted by molar-refractivity contribution is -0.384. The van der Waals surface area contributed by atoms with Crippen LogP contribution in [-0.2, 0) is 18.3 Å². The molecule has 1 fully saturated rings. The number of aromatic nitrogens is 2. The van der Waals surface area contributed by atoms with Crippen LogP contribution in [0.4, 0.5) is 5.69 Å². The molecule has 1 atom stereocenters. The first-order chi connectivity index (χ1) is 13.1. The van der Waals surface area contributed by atoms with Crippen molar-refractivity contribution >= 4 is 35.6 Å². The van der Waals surface area contributed by atoms with Crippen molar-refractivity contribution in [2.24, 2.45) is 12.0 Å². The number of rotatable bonds is 5. The Labute approximate surface area is 180 Å². The van der Waals surface area contributed by atoms with E-state index in [9.17, 15) is 10.1 Å². The first kappa shape index (κ1) is 22.1. The zero-order valence-corrected chi connectivity index (χ0v) is 18.3. The van der Waals surface area contributed by atoms with Crippen LogP contribution in [0.3, 0.4) is 0 Å². The number of hydrogen-bond donors (Lipinski definition) is 1. The average Bonchev–Trinajstić information content (AvgIpc) is 3.12. The van der Waals surface area contributed by atoms with E-state index in [-0.39, 0.29) is 40.7 Å². The molecular weight excluding hydrogens is 475 g/mol. The largest absolute Gasteiger partial charge is 0.370 e. The molecule has 1 aromatic carbocycles. The van der Waals surface area contributed by atoms with Gasteiger partial charge in [-0.15, -0.1) is 24.0 Å². The van der Waals surface area contributed by atoms with E-state index in [4.69, 9.17) is 4.74 Å². The van der Waals surface area contributed by atoms with Crippen molar-refractivity contribution in [3.8, 4) is 0 Å². The molecule has 1 aliphatic heterocycles. The van der Waals surface area contributed by atoms with Crippen LogP contribution in [0.5, 0.6) is 0 Å². The molecule has 1 aliphatic rings. The van der Waals surface area contributed by atoms with Crippen LogP contribution >= 0.6 is 24.0 Å². The lowest BCUT2D eigenvalue weighted by Crippen LogP contribution is -2.48. The van der Waals surface area contributed by atoms with Crippen LogP contribution in [0, 0.1) is 10.1 Å². The van der Waals surface area contributed by atoms with E-state index in [2.05, 4.69) is 20.3 Å². The van der Waals surface area contributed by atoms with Gasteiger partial charge in [0, 0.05) is 44.0 Å². The summed E-state index contributed by atoms with van der Waals surface area (Å²) in [6.45, 7) is 5.13. The summed E-state index contributed by atoms with van der Waals surface area (Å²) in [5.74, 6) is 0.779. The summed E-state index contributed by atoms with van der Waals surface area (Å²) in [4.78, 5) is 17.4. The molecule has 1 unspecified atom stereocenters. The fraction of sp³-hybridized carbons (Fsp3) is 0.444. The molecule has 152 valence electrons. The smallest absolute Gasteiger partial charge is 0.269 e. The summed E-state index contributed by atoms with van der Waals surface area (Å²) in [7, 11) is 1.88. The van der Waals surface area contributed by atoms with Crippen molar-refractivity contribution in [3.63, 3.8) is 0 Å². The number of non-ortho nitro benzene ring substituents is 1. The summed E-state index contributed by atoms with van der Waals surface area (Å²) in [5.41, 5.74) is 1.92. The predicted octanol–water partition coefficient (Wildman–Crippen LogP) is 2.49. The third-order valence-corrected chi connectivity index (χ3v) is 4.33. The van der Waals surface area contributed by atoms with Crippen LogP contribution < -0.4 is 5.32 Å². The minimum Gasteiger partial charge on any atom is -0.370 e. The van der Waals surface area contributed by atoms with E-state index in [1.165, 1.54) is 6.07 Å². The summed E-state index contributed by atoms with van der Waals surface area (Å²) in [6, 6.07) is 6.57. The Morgan fingerprint density at radius 3 is 3.00 bits per heavy atom. The number of ether oxygens (including phenoxy) is 1. The van der Waals surface area contributed by atoms with Gasteiger partial charge in [-0.25, -0.2) is 4.99 Å². The normalized spacial score (nSPS) is 17.1. The molecule has 10 heteroatoms. The van der Waals surface area contributed by atoms with Gasteiger partial charge in [0.05, 0.1) is 30.8 Å². The zero-order valence-electron chi connectivity index (χ0n) is 15.9. The van der Waals surface area contributed by atoms with Crippen molar-refractivity contribution in [2.75, 3.05) is 26.2 Å². The Hall–Kier alpha value is -2.21. The quantitative estimate of drug-likeness (QED) is 0.223. The molecule has 2 heterocycles. The average molecular weight is 500 g/mol. The van der Waals surface area contributed by atoms with Gasteiger partial charge < -0.3 is 15.0 Å². The zero-order chi connectivity index (χ0) is 19.2. The van der Waals surface area contributed by atoms with Gasteiger partial charge in [0.1, 0.15) is 6.10 Å². The predicted molar refractivity (Wildman–Crippen MR) is 117 cm³/mol. The van der Waals surface area contributed by atoms with Gasteiger partial charge in [-0.3, -0.25) is 14.8 Å². The first-order valence-electron chi connectivity index (χ1n) is 8.93. The van der Waals surface area contributed by atoms with E-state index in [0.717, 1.165) is 30.2 Å². The fourth-order valence-electron chi connectivity index (χ4n) is 3.01. The second-order valence-electron chi connectivity index (χ2n) is 6.35. The lowest BCUT2D eigenvalue weighted by atomic mass is 10.1. The van der Waals surface area contributed by atoms with Gasteiger partial charge in [-0.1, -0.05) is 12.1 Å². The second-order valence-corrected chi connectivity index (χ2v) is 6.35. The van der Waals surface area contributed by atoms with Gasteiger partial charge in [0.2, 0.25) is 0 Å². The molecule has 1 saturated heterocycles. The molecule has 0 radical (unpaired) electrons. The van der Waals surface area contributed by atoms with Gasteiger partial charge in [-0.05, 0) is 12.5 Å². The molecule has 2 aromatic rings. The number of nitro benzene ring substituents is 1. The highest BCUT2D eigenvalue weighted by Gasteiger charge is 2.25. The molecule has 0 saturated carbocycles. The number of nitro groups is 1. The highest BCUT2D eigenvalue weighted by Crippen LogP contribution is 2.22. The van der Waals surface area contributed by atoms with E-state index >= 15 is 0 Å². The number of hydrogen-bond acceptors (Lipinski definition) is 5. The summed E-state index contributed by atoms with van der Waals surface area (Å²) in [6.07, 6.45) is 3.72. The topological polar surface area (TPSA) is 97.8 Å². The molecule has 0 aliphatic carbocycles. The van der Waals surface area contributed by atoms with Gasteiger partial charge in [0.15, 0.2) is 5.96 Å². The van der Waals surface area contributed by atoms with Crippen molar-refractivity contribution in [1.29, 1.82) is 0 Å². The third-order valence-electron chi connectivity index (χ3n) is 4.33. The van der Waals surface area contributed by atoms with Crippen molar-refractivity contribution < 1.29 is 9.66 Å². The SMILES string of the molecule is CCNC(=NCc1cccc([N+](=O)[O-])c1)N1CCOC(c2cnn(C)c2)C1.I. The summed E-state index contributed by atoms with van der Waals surface area (Å²) < 4.78 is 7.65. The number of guanidine groups is 1. The molecule has 3 rings (SSSR count). The Kier molecular flexibility index (Phi) is 8.18. The molecular formula is C18H25IN6O3. The molecule has 1 N–H and O–H groups in total. The maximum absolute atomic E-state index is 10.9. The Balaban J connectivity index is 0.00000280. The molecule has 9 nitrogen and oxygen atoms in total. The number of nitrogens with one attached hydrogen (secondary N) is 1. The fourth-order valence-corrected chi connectivity index (χ4v) is 3.01. The number of nitrogens with zero attached hydrogens (tertiary/aromatic N) is 5. The number of halogens is 1. The number of benzene rings is 1. The first-order valence-corrected chi connectivity index (χ1v) is 8.93. The van der Waals surface area contributed by atoms with Crippen LogP contribution in [0.25, 0.3) is 0 Å². The van der Waals surface area contributed by atoms with Crippen molar-refractivity contribution in [2.45, 2.75) is 19.6 Å². The van der Waals surface area contributed by atoms with Crippen molar-refractivity contribution in [1.82, 2.24) is 20.0 Å². The monoisotopic (exact) mass is 500 g/mol. The molecule has 28 heavy (non-hydrogen) atoms. The van der Waals surface area contributed by atoms with Crippen LogP contribution in [0.2, 0.25) is 0 Å². The highest BCUT2D eigenvalue weighted by molar-refractivity contribution is 14.0.